The average molecular weight is 1150 g/mol. The van der Waals surface area contributed by atoms with E-state index in [1.807, 2.05) is 0 Å². The fourth-order valence-corrected chi connectivity index (χ4v) is 9.75. The van der Waals surface area contributed by atoms with Gasteiger partial charge in [-0.05, 0) is 128 Å². The maximum Gasteiger partial charge on any atom is 0.306 e. The van der Waals surface area contributed by atoms with E-state index in [0.29, 0.717) is 19.3 Å². The zero-order valence-electron chi connectivity index (χ0n) is 54.4. The fraction of sp³-hybridized carbons (Fsp3) is 0.701. The number of hydrogen-bond donors (Lipinski definition) is 0. The smallest absolute Gasteiger partial charge is 0.306 e. The molecule has 0 heterocycles. The van der Waals surface area contributed by atoms with Gasteiger partial charge < -0.3 is 14.2 Å². The SMILES string of the molecule is CC/C=C\C/C=C\C/C=C\C/C=C\C/C=C\CCCCCCCCCC(=O)OC(COC(=O)CCCCCCC/C=C\CCCCCC)COC(=O)CCCCCCCCCCCCCCCCCC/C=C\C/C=C\C/C=C\C/C=C\CC. The van der Waals surface area contributed by atoms with Gasteiger partial charge in [0, 0.05) is 19.3 Å². The number of rotatable bonds is 63. The molecule has 0 N–H and O–H groups in total. The van der Waals surface area contributed by atoms with E-state index in [9.17, 15) is 14.4 Å². The predicted molar refractivity (Wildman–Crippen MR) is 362 cm³/mol. The molecule has 0 saturated carbocycles. The van der Waals surface area contributed by atoms with Crippen molar-refractivity contribution in [2.75, 3.05) is 13.2 Å². The van der Waals surface area contributed by atoms with E-state index in [1.54, 1.807) is 0 Å². The summed E-state index contributed by atoms with van der Waals surface area (Å²) in [5.41, 5.74) is 0. The maximum absolute atomic E-state index is 13.0. The van der Waals surface area contributed by atoms with Gasteiger partial charge in [-0.1, -0.05) is 303 Å². The monoisotopic (exact) mass is 1150 g/mol. The number of hydrogen-bond acceptors (Lipinski definition) is 6. The standard InChI is InChI=1S/C77H130O6/c1-4-7-10-13-16-19-22-25-27-29-31-33-35-36-37-38-39-40-42-43-45-47-49-52-55-58-61-64-67-70-76(79)82-73-74(72-81-75(78)69-66-63-60-57-54-51-24-21-18-15-12-9-6-3)83-77(80)71-68-65-62-59-56-53-50-48-46-44-41-34-32-30-28-26-23-20-17-14-11-8-5-2/h7-8,10-11,16-17,19-21,24-28,31-34,44,46,74H,4-6,9,12-15,18,22-23,29-30,35-43,45,47-73H2,1-3H3/b10-7-,11-8-,19-16-,20-17-,24-21-,27-25-,28-26-,33-31-,34-32-,46-44-. The Morgan fingerprint density at radius 3 is 0.747 bits per heavy atom. The number of esters is 3. The van der Waals surface area contributed by atoms with Crippen LogP contribution in [-0.2, 0) is 28.6 Å². The van der Waals surface area contributed by atoms with Crippen LogP contribution in [0.2, 0.25) is 0 Å². The third-order valence-electron chi connectivity index (χ3n) is 14.9. The van der Waals surface area contributed by atoms with E-state index in [4.69, 9.17) is 14.2 Å². The zero-order valence-corrected chi connectivity index (χ0v) is 54.4. The van der Waals surface area contributed by atoms with Crippen molar-refractivity contribution in [3.8, 4) is 0 Å². The van der Waals surface area contributed by atoms with E-state index in [2.05, 4.69) is 142 Å². The Hall–Kier alpha value is -4.19. The van der Waals surface area contributed by atoms with Gasteiger partial charge >= 0.3 is 17.9 Å². The Balaban J connectivity index is 4.29. The van der Waals surface area contributed by atoms with Gasteiger partial charge in [-0.15, -0.1) is 0 Å². The minimum Gasteiger partial charge on any atom is -0.462 e. The van der Waals surface area contributed by atoms with Gasteiger partial charge in [0.05, 0.1) is 0 Å². The molecule has 0 amide bonds. The Kier molecular flexibility index (Phi) is 66.7. The Labute approximate surface area is 513 Å². The first-order valence-corrected chi connectivity index (χ1v) is 35.0. The first-order valence-electron chi connectivity index (χ1n) is 35.0. The van der Waals surface area contributed by atoms with Crippen LogP contribution >= 0.6 is 0 Å². The molecular formula is C77H130O6. The second-order valence-electron chi connectivity index (χ2n) is 23.0. The summed E-state index contributed by atoms with van der Waals surface area (Å²) in [6, 6.07) is 0. The van der Waals surface area contributed by atoms with Crippen molar-refractivity contribution in [3.05, 3.63) is 122 Å². The molecule has 0 fully saturated rings. The fourth-order valence-electron chi connectivity index (χ4n) is 9.75. The molecule has 0 aliphatic carbocycles. The number of carbonyl (C=O) groups excluding carboxylic acids is 3. The van der Waals surface area contributed by atoms with Crippen LogP contribution in [-0.4, -0.2) is 37.2 Å². The molecule has 474 valence electrons. The molecule has 0 aromatic rings. The highest BCUT2D eigenvalue weighted by atomic mass is 16.6. The van der Waals surface area contributed by atoms with Crippen LogP contribution in [0.4, 0.5) is 0 Å². The lowest BCUT2D eigenvalue weighted by atomic mass is 10.0. The summed E-state index contributed by atoms with van der Waals surface area (Å²) < 4.78 is 17.0. The second-order valence-corrected chi connectivity index (χ2v) is 23.0. The molecule has 0 radical (unpaired) electrons. The molecule has 6 heteroatoms. The normalized spacial score (nSPS) is 12.9. The van der Waals surface area contributed by atoms with Crippen LogP contribution in [0.15, 0.2) is 122 Å². The minimum atomic E-state index is -0.791. The van der Waals surface area contributed by atoms with Crippen LogP contribution < -0.4 is 0 Å². The van der Waals surface area contributed by atoms with E-state index in [-0.39, 0.29) is 31.1 Å². The van der Waals surface area contributed by atoms with Crippen LogP contribution in [0.25, 0.3) is 0 Å². The number of carbonyl (C=O) groups is 3. The largest absolute Gasteiger partial charge is 0.462 e. The van der Waals surface area contributed by atoms with E-state index >= 15 is 0 Å². The highest BCUT2D eigenvalue weighted by molar-refractivity contribution is 5.71. The number of allylic oxidation sites excluding steroid dienone is 20. The van der Waals surface area contributed by atoms with Crippen LogP contribution in [0.1, 0.15) is 329 Å². The Bertz CT molecular complexity index is 1700. The van der Waals surface area contributed by atoms with Gasteiger partial charge in [-0.2, -0.15) is 0 Å². The summed E-state index contributed by atoms with van der Waals surface area (Å²) >= 11 is 0. The second kappa shape index (κ2) is 70.3. The highest BCUT2D eigenvalue weighted by Gasteiger charge is 2.19. The number of ether oxygens (including phenoxy) is 3. The van der Waals surface area contributed by atoms with Gasteiger partial charge in [-0.3, -0.25) is 14.4 Å². The summed E-state index contributed by atoms with van der Waals surface area (Å²) in [5, 5.41) is 0. The lowest BCUT2D eigenvalue weighted by Crippen LogP contribution is -2.30. The summed E-state index contributed by atoms with van der Waals surface area (Å²) in [6.45, 7) is 6.41. The minimum absolute atomic E-state index is 0.0849. The molecule has 0 aromatic carbocycles. The third-order valence-corrected chi connectivity index (χ3v) is 14.9. The predicted octanol–water partition coefficient (Wildman–Crippen LogP) is 24.3. The van der Waals surface area contributed by atoms with Crippen molar-refractivity contribution in [3.63, 3.8) is 0 Å². The Morgan fingerprint density at radius 1 is 0.253 bits per heavy atom. The van der Waals surface area contributed by atoms with Crippen molar-refractivity contribution >= 4 is 17.9 Å². The molecule has 1 atom stereocenters. The summed E-state index contributed by atoms with van der Waals surface area (Å²) in [5.74, 6) is -0.894. The molecule has 0 aliphatic rings. The zero-order chi connectivity index (χ0) is 59.9. The van der Waals surface area contributed by atoms with Crippen molar-refractivity contribution < 1.29 is 28.6 Å². The van der Waals surface area contributed by atoms with Gasteiger partial charge in [0.25, 0.3) is 0 Å². The van der Waals surface area contributed by atoms with Gasteiger partial charge in [0.15, 0.2) is 6.10 Å². The molecular weight excluding hydrogens is 1020 g/mol. The van der Waals surface area contributed by atoms with E-state index < -0.39 is 6.10 Å². The summed E-state index contributed by atoms with van der Waals surface area (Å²) in [4.78, 5) is 38.4. The molecule has 0 aromatic heterocycles. The molecule has 0 saturated heterocycles. The Morgan fingerprint density at radius 2 is 0.470 bits per heavy atom. The summed E-state index contributed by atoms with van der Waals surface area (Å²) in [6.07, 6.45) is 97.9. The van der Waals surface area contributed by atoms with Crippen LogP contribution in [0.3, 0.4) is 0 Å². The summed E-state index contributed by atoms with van der Waals surface area (Å²) in [7, 11) is 0. The van der Waals surface area contributed by atoms with Crippen LogP contribution in [0, 0.1) is 0 Å². The molecule has 0 bridgehead atoms. The van der Waals surface area contributed by atoms with Crippen molar-refractivity contribution in [1.29, 1.82) is 0 Å². The molecule has 0 aliphatic heterocycles. The highest BCUT2D eigenvalue weighted by Crippen LogP contribution is 2.17. The van der Waals surface area contributed by atoms with Crippen LogP contribution in [0.5, 0.6) is 0 Å². The molecule has 6 nitrogen and oxygen atoms in total. The van der Waals surface area contributed by atoms with E-state index in [1.165, 1.54) is 161 Å². The molecule has 83 heavy (non-hydrogen) atoms. The average Bonchev–Trinajstić information content (AvgIpc) is 3.49. The van der Waals surface area contributed by atoms with Gasteiger partial charge in [0.1, 0.15) is 13.2 Å². The van der Waals surface area contributed by atoms with Crippen molar-refractivity contribution in [1.82, 2.24) is 0 Å². The van der Waals surface area contributed by atoms with Crippen molar-refractivity contribution in [2.24, 2.45) is 0 Å². The molecule has 1 unspecified atom stereocenters. The lowest BCUT2D eigenvalue weighted by Gasteiger charge is -2.18. The van der Waals surface area contributed by atoms with Gasteiger partial charge in [0.2, 0.25) is 0 Å². The number of unbranched alkanes of at least 4 members (excludes halogenated alkanes) is 32. The topological polar surface area (TPSA) is 78.9 Å². The first-order chi connectivity index (χ1) is 41.0. The molecule has 0 rings (SSSR count). The lowest BCUT2D eigenvalue weighted by molar-refractivity contribution is -0.167. The molecule has 0 spiro atoms. The van der Waals surface area contributed by atoms with Gasteiger partial charge in [-0.25, -0.2) is 0 Å². The maximum atomic E-state index is 13.0. The van der Waals surface area contributed by atoms with Crippen molar-refractivity contribution in [2.45, 2.75) is 335 Å². The first kappa shape index (κ1) is 78.8. The third kappa shape index (κ3) is 68.5. The quantitative estimate of drug-likeness (QED) is 0.0261. The van der Waals surface area contributed by atoms with E-state index in [0.717, 1.165) is 128 Å².